The molecule has 0 bridgehead atoms. The van der Waals surface area contributed by atoms with Crippen LogP contribution in [0.5, 0.6) is 0 Å². The van der Waals surface area contributed by atoms with Crippen LogP contribution >= 0.6 is 27.5 Å². The minimum atomic E-state index is -0.540. The molecule has 0 unspecified atom stereocenters. The third kappa shape index (κ3) is 4.05. The summed E-state index contributed by atoms with van der Waals surface area (Å²) in [4.78, 5) is 14.1. The smallest absolute Gasteiger partial charge is 0.258 e. The molecule has 0 spiro atoms. The molecule has 0 saturated heterocycles. The maximum absolute atomic E-state index is 13.9. The molecular weight excluding hydrogens is 357 g/mol. The molecule has 0 fully saturated rings. The Bertz CT molecular complexity index is 601. The van der Waals surface area contributed by atoms with E-state index in [1.54, 1.807) is 17.0 Å². The zero-order valence-electron chi connectivity index (χ0n) is 11.2. The Morgan fingerprint density at radius 3 is 2.48 bits per heavy atom. The zero-order chi connectivity index (χ0) is 15.2. The lowest BCUT2D eigenvalue weighted by Crippen LogP contribution is -2.33. The summed E-state index contributed by atoms with van der Waals surface area (Å²) >= 11 is 9.01. The topological polar surface area (TPSA) is 20.3 Å². The molecule has 2 aromatic carbocycles. The molecule has 0 atom stereocenters. The Kier molecular flexibility index (Phi) is 5.76. The molecule has 0 N–H and O–H groups in total. The minimum Gasteiger partial charge on any atom is -0.333 e. The van der Waals surface area contributed by atoms with Gasteiger partial charge in [-0.15, -0.1) is 11.6 Å². The van der Waals surface area contributed by atoms with Crippen molar-refractivity contribution in [3.8, 4) is 0 Å². The van der Waals surface area contributed by atoms with Crippen molar-refractivity contribution >= 4 is 33.4 Å². The van der Waals surface area contributed by atoms with Crippen molar-refractivity contribution in [2.75, 3.05) is 12.4 Å². The van der Waals surface area contributed by atoms with Crippen molar-refractivity contribution < 1.29 is 9.18 Å². The van der Waals surface area contributed by atoms with E-state index in [9.17, 15) is 9.18 Å². The van der Waals surface area contributed by atoms with Crippen LogP contribution in [0.3, 0.4) is 0 Å². The van der Waals surface area contributed by atoms with E-state index in [2.05, 4.69) is 15.9 Å². The molecular formula is C16H14BrClFNO. The lowest BCUT2D eigenvalue weighted by atomic mass is 10.1. The Balaban J connectivity index is 2.27. The van der Waals surface area contributed by atoms with Gasteiger partial charge in [-0.1, -0.05) is 36.4 Å². The van der Waals surface area contributed by atoms with Crippen molar-refractivity contribution in [2.24, 2.45) is 0 Å². The van der Waals surface area contributed by atoms with Crippen LogP contribution in [-0.4, -0.2) is 23.2 Å². The molecule has 1 amide bonds. The van der Waals surface area contributed by atoms with E-state index in [4.69, 9.17) is 11.6 Å². The molecule has 0 heterocycles. The standard InChI is InChI=1S/C16H14BrClFNO/c17-13-7-4-8-14(19)15(13)16(21)20(10-9-18)11-12-5-2-1-3-6-12/h1-8H,9-11H2. The molecule has 2 nitrogen and oxygen atoms in total. The second-order valence-electron chi connectivity index (χ2n) is 4.50. The van der Waals surface area contributed by atoms with Gasteiger partial charge in [-0.3, -0.25) is 4.79 Å². The molecule has 110 valence electrons. The summed E-state index contributed by atoms with van der Waals surface area (Å²) < 4.78 is 14.4. The molecule has 0 radical (unpaired) electrons. The highest BCUT2D eigenvalue weighted by Crippen LogP contribution is 2.22. The van der Waals surface area contributed by atoms with Gasteiger partial charge < -0.3 is 4.90 Å². The first-order chi connectivity index (χ1) is 10.1. The monoisotopic (exact) mass is 369 g/mol. The van der Waals surface area contributed by atoms with Crippen LogP contribution in [0, 0.1) is 5.82 Å². The summed E-state index contributed by atoms with van der Waals surface area (Å²) in [6.07, 6.45) is 0. The van der Waals surface area contributed by atoms with Crippen molar-refractivity contribution in [1.82, 2.24) is 4.90 Å². The number of nitrogens with zero attached hydrogens (tertiary/aromatic N) is 1. The van der Waals surface area contributed by atoms with Crippen LogP contribution in [0.25, 0.3) is 0 Å². The molecule has 21 heavy (non-hydrogen) atoms. The number of alkyl halides is 1. The van der Waals surface area contributed by atoms with Crippen LogP contribution in [0.2, 0.25) is 0 Å². The first-order valence-corrected chi connectivity index (χ1v) is 7.79. The third-order valence-corrected chi connectivity index (χ3v) is 3.86. The van der Waals surface area contributed by atoms with Gasteiger partial charge in [-0.25, -0.2) is 4.39 Å². The third-order valence-electron chi connectivity index (χ3n) is 3.03. The Morgan fingerprint density at radius 2 is 1.86 bits per heavy atom. The van der Waals surface area contributed by atoms with Crippen molar-refractivity contribution in [3.05, 3.63) is 69.9 Å². The lowest BCUT2D eigenvalue weighted by molar-refractivity contribution is 0.0748. The van der Waals surface area contributed by atoms with Gasteiger partial charge in [0.15, 0.2) is 0 Å². The highest BCUT2D eigenvalue weighted by Gasteiger charge is 2.21. The van der Waals surface area contributed by atoms with Gasteiger partial charge in [0.05, 0.1) is 5.56 Å². The van der Waals surface area contributed by atoms with E-state index >= 15 is 0 Å². The van der Waals surface area contributed by atoms with Crippen molar-refractivity contribution in [1.29, 1.82) is 0 Å². The molecule has 0 aliphatic rings. The first-order valence-electron chi connectivity index (χ1n) is 6.46. The molecule has 2 aromatic rings. The summed E-state index contributed by atoms with van der Waals surface area (Å²) in [6.45, 7) is 0.753. The summed E-state index contributed by atoms with van der Waals surface area (Å²) in [5, 5.41) is 0. The fourth-order valence-electron chi connectivity index (χ4n) is 2.02. The number of halogens is 3. The minimum absolute atomic E-state index is 0.0403. The second kappa shape index (κ2) is 7.57. The molecule has 0 aliphatic heterocycles. The number of hydrogen-bond donors (Lipinski definition) is 0. The van der Waals surface area contributed by atoms with E-state index < -0.39 is 5.82 Å². The number of carbonyl (C=O) groups is 1. The zero-order valence-corrected chi connectivity index (χ0v) is 13.6. The van der Waals surface area contributed by atoms with Gasteiger partial charge in [-0.05, 0) is 33.6 Å². The SMILES string of the molecule is O=C(c1c(F)cccc1Br)N(CCCl)Cc1ccccc1. The van der Waals surface area contributed by atoms with Gasteiger partial charge in [0, 0.05) is 23.4 Å². The van der Waals surface area contributed by atoms with Crippen molar-refractivity contribution in [3.63, 3.8) is 0 Å². The maximum atomic E-state index is 13.9. The highest BCUT2D eigenvalue weighted by atomic mass is 79.9. The summed E-state index contributed by atoms with van der Waals surface area (Å²) in [5.41, 5.74) is 1.02. The van der Waals surface area contributed by atoms with E-state index in [0.29, 0.717) is 23.4 Å². The van der Waals surface area contributed by atoms with Crippen LogP contribution in [0.15, 0.2) is 53.0 Å². The number of amides is 1. The van der Waals surface area contributed by atoms with Gasteiger partial charge in [-0.2, -0.15) is 0 Å². The average Bonchev–Trinajstić information content (AvgIpc) is 2.47. The maximum Gasteiger partial charge on any atom is 0.258 e. The van der Waals surface area contributed by atoms with Gasteiger partial charge in [0.2, 0.25) is 0 Å². The van der Waals surface area contributed by atoms with E-state index in [1.165, 1.54) is 6.07 Å². The van der Waals surface area contributed by atoms with Crippen molar-refractivity contribution in [2.45, 2.75) is 6.54 Å². The average molecular weight is 371 g/mol. The van der Waals surface area contributed by atoms with E-state index in [0.717, 1.165) is 5.56 Å². The number of rotatable bonds is 5. The normalized spacial score (nSPS) is 10.4. The lowest BCUT2D eigenvalue weighted by Gasteiger charge is -2.22. The molecule has 0 aliphatic carbocycles. The van der Waals surface area contributed by atoms with Gasteiger partial charge >= 0.3 is 0 Å². The van der Waals surface area contributed by atoms with E-state index in [-0.39, 0.29) is 11.5 Å². The van der Waals surface area contributed by atoms with Crippen LogP contribution in [-0.2, 0) is 6.54 Å². The first kappa shape index (κ1) is 16.0. The largest absolute Gasteiger partial charge is 0.333 e. The molecule has 2 rings (SSSR count). The van der Waals surface area contributed by atoms with Gasteiger partial charge in [0.25, 0.3) is 5.91 Å². The number of benzene rings is 2. The Labute approximate surface area is 136 Å². The van der Waals surface area contributed by atoms with Crippen LogP contribution in [0.4, 0.5) is 4.39 Å². The predicted octanol–water partition coefficient (Wildman–Crippen LogP) is 4.47. The number of carbonyl (C=O) groups excluding carboxylic acids is 1. The highest BCUT2D eigenvalue weighted by molar-refractivity contribution is 9.10. The molecule has 0 aromatic heterocycles. The fraction of sp³-hybridized carbons (Fsp3) is 0.188. The molecule has 5 heteroatoms. The Hall–Kier alpha value is -1.39. The summed E-state index contributed by atoms with van der Waals surface area (Å²) in [7, 11) is 0. The predicted molar refractivity (Wildman–Crippen MR) is 86.0 cm³/mol. The Morgan fingerprint density at radius 1 is 1.14 bits per heavy atom. The van der Waals surface area contributed by atoms with Crippen LogP contribution < -0.4 is 0 Å². The number of hydrogen-bond acceptors (Lipinski definition) is 1. The van der Waals surface area contributed by atoms with Gasteiger partial charge in [0.1, 0.15) is 5.82 Å². The summed E-state index contributed by atoms with van der Waals surface area (Å²) in [6, 6.07) is 14.0. The molecule has 0 saturated carbocycles. The summed E-state index contributed by atoms with van der Waals surface area (Å²) in [5.74, 6) is -0.614. The van der Waals surface area contributed by atoms with E-state index in [1.807, 2.05) is 30.3 Å². The second-order valence-corrected chi connectivity index (χ2v) is 5.73. The fourth-order valence-corrected chi connectivity index (χ4v) is 2.73. The van der Waals surface area contributed by atoms with Crippen LogP contribution in [0.1, 0.15) is 15.9 Å². The quantitative estimate of drug-likeness (QED) is 0.711.